The van der Waals surface area contributed by atoms with Crippen LogP contribution in [0, 0.1) is 0 Å². The van der Waals surface area contributed by atoms with E-state index < -0.39 is 5.60 Å². The molecule has 1 unspecified atom stereocenters. The van der Waals surface area contributed by atoms with E-state index in [1.807, 2.05) is 6.20 Å². The SMILES string of the molecule is CCN1CCCC(c2nccn2CC2(O)CCCCC2)C1. The summed E-state index contributed by atoms with van der Waals surface area (Å²) >= 11 is 0. The Bertz CT molecular complexity index is 451. The molecule has 1 aromatic rings. The van der Waals surface area contributed by atoms with Gasteiger partial charge in [-0.25, -0.2) is 4.98 Å². The Morgan fingerprint density at radius 1 is 1.29 bits per heavy atom. The van der Waals surface area contributed by atoms with Crippen molar-refractivity contribution >= 4 is 0 Å². The Labute approximate surface area is 128 Å². The first-order valence-corrected chi connectivity index (χ1v) is 8.66. The number of aliphatic hydroxyl groups is 1. The van der Waals surface area contributed by atoms with Gasteiger partial charge in [-0.2, -0.15) is 0 Å². The van der Waals surface area contributed by atoms with Gasteiger partial charge in [-0.3, -0.25) is 0 Å². The molecule has 2 fully saturated rings. The molecule has 118 valence electrons. The lowest BCUT2D eigenvalue weighted by Gasteiger charge is -2.35. The van der Waals surface area contributed by atoms with Crippen LogP contribution in [0.15, 0.2) is 12.4 Å². The standard InChI is InChI=1S/C17H29N3O/c1-2-19-11-6-7-15(13-19)16-18-10-12-20(16)14-17(21)8-4-3-5-9-17/h10,12,15,21H,2-9,11,13-14H2,1H3. The van der Waals surface area contributed by atoms with Gasteiger partial charge < -0.3 is 14.6 Å². The normalized spacial score (nSPS) is 26.9. The average Bonchev–Trinajstić information content (AvgIpc) is 2.95. The summed E-state index contributed by atoms with van der Waals surface area (Å²) < 4.78 is 2.23. The summed E-state index contributed by atoms with van der Waals surface area (Å²) in [6.45, 7) is 6.43. The third-order valence-electron chi connectivity index (χ3n) is 5.31. The van der Waals surface area contributed by atoms with E-state index in [9.17, 15) is 5.11 Å². The number of imidazole rings is 1. The fraction of sp³-hybridized carbons (Fsp3) is 0.824. The minimum atomic E-state index is -0.507. The maximum Gasteiger partial charge on any atom is 0.113 e. The topological polar surface area (TPSA) is 41.3 Å². The highest BCUT2D eigenvalue weighted by Crippen LogP contribution is 2.32. The first-order chi connectivity index (χ1) is 10.2. The summed E-state index contributed by atoms with van der Waals surface area (Å²) in [5.41, 5.74) is -0.507. The van der Waals surface area contributed by atoms with Crippen LogP contribution in [-0.4, -0.2) is 44.8 Å². The molecule has 1 saturated carbocycles. The molecule has 1 atom stereocenters. The summed E-state index contributed by atoms with van der Waals surface area (Å²) in [5, 5.41) is 10.8. The third kappa shape index (κ3) is 3.49. The first kappa shape index (κ1) is 15.0. The van der Waals surface area contributed by atoms with Crippen LogP contribution < -0.4 is 0 Å². The second-order valence-electron chi connectivity index (χ2n) is 6.93. The Balaban J connectivity index is 1.71. The minimum Gasteiger partial charge on any atom is -0.388 e. The number of likely N-dealkylation sites (tertiary alicyclic amines) is 1. The van der Waals surface area contributed by atoms with Crippen LogP contribution in [0.25, 0.3) is 0 Å². The summed E-state index contributed by atoms with van der Waals surface area (Å²) in [5.74, 6) is 1.72. The maximum atomic E-state index is 10.8. The number of piperidine rings is 1. The Hall–Kier alpha value is -0.870. The van der Waals surface area contributed by atoms with Gasteiger partial charge >= 0.3 is 0 Å². The van der Waals surface area contributed by atoms with Gasteiger partial charge in [0.2, 0.25) is 0 Å². The fourth-order valence-corrected chi connectivity index (χ4v) is 4.05. The quantitative estimate of drug-likeness (QED) is 0.927. The second kappa shape index (κ2) is 6.49. The lowest BCUT2D eigenvalue weighted by Crippen LogP contribution is -2.38. The van der Waals surface area contributed by atoms with Crippen molar-refractivity contribution in [2.24, 2.45) is 0 Å². The lowest BCUT2D eigenvalue weighted by atomic mass is 9.84. The van der Waals surface area contributed by atoms with Crippen molar-refractivity contribution in [3.63, 3.8) is 0 Å². The van der Waals surface area contributed by atoms with Gasteiger partial charge in [-0.1, -0.05) is 26.2 Å². The van der Waals surface area contributed by atoms with Crippen LogP contribution in [0.2, 0.25) is 0 Å². The van der Waals surface area contributed by atoms with Crippen molar-refractivity contribution in [1.29, 1.82) is 0 Å². The van der Waals surface area contributed by atoms with Crippen LogP contribution in [0.3, 0.4) is 0 Å². The number of hydrogen-bond acceptors (Lipinski definition) is 3. The van der Waals surface area contributed by atoms with Crippen molar-refractivity contribution in [1.82, 2.24) is 14.5 Å². The molecule has 1 N–H and O–H groups in total. The largest absolute Gasteiger partial charge is 0.388 e. The van der Waals surface area contributed by atoms with Crippen LogP contribution in [0.1, 0.15) is 63.6 Å². The molecular formula is C17H29N3O. The maximum absolute atomic E-state index is 10.8. The molecule has 1 aliphatic heterocycles. The number of aromatic nitrogens is 2. The van der Waals surface area contributed by atoms with E-state index in [0.717, 1.165) is 45.3 Å². The van der Waals surface area contributed by atoms with E-state index in [0.29, 0.717) is 5.92 Å². The molecular weight excluding hydrogens is 262 g/mol. The monoisotopic (exact) mass is 291 g/mol. The number of likely N-dealkylation sites (N-methyl/N-ethyl adjacent to an activating group) is 1. The molecule has 1 aromatic heterocycles. The molecule has 1 saturated heterocycles. The van der Waals surface area contributed by atoms with Crippen LogP contribution in [0.5, 0.6) is 0 Å². The second-order valence-corrected chi connectivity index (χ2v) is 6.93. The molecule has 4 heteroatoms. The predicted molar refractivity (Wildman–Crippen MR) is 84.4 cm³/mol. The zero-order chi connectivity index (χ0) is 14.7. The van der Waals surface area contributed by atoms with Gasteiger partial charge in [0, 0.05) is 24.9 Å². The third-order valence-corrected chi connectivity index (χ3v) is 5.31. The fourth-order valence-electron chi connectivity index (χ4n) is 4.05. The average molecular weight is 291 g/mol. The van der Waals surface area contributed by atoms with Crippen molar-refractivity contribution in [3.05, 3.63) is 18.2 Å². The highest BCUT2D eigenvalue weighted by Gasteiger charge is 2.31. The smallest absolute Gasteiger partial charge is 0.113 e. The molecule has 0 amide bonds. The summed E-state index contributed by atoms with van der Waals surface area (Å²) in [4.78, 5) is 7.15. The first-order valence-electron chi connectivity index (χ1n) is 8.66. The van der Waals surface area contributed by atoms with E-state index in [1.165, 1.54) is 31.6 Å². The molecule has 0 bridgehead atoms. The van der Waals surface area contributed by atoms with Gasteiger partial charge in [0.05, 0.1) is 12.1 Å². The molecule has 4 nitrogen and oxygen atoms in total. The van der Waals surface area contributed by atoms with E-state index in [-0.39, 0.29) is 0 Å². The molecule has 21 heavy (non-hydrogen) atoms. The molecule has 0 radical (unpaired) electrons. The van der Waals surface area contributed by atoms with Crippen LogP contribution >= 0.6 is 0 Å². The van der Waals surface area contributed by atoms with Crippen molar-refractivity contribution in [2.75, 3.05) is 19.6 Å². The number of hydrogen-bond donors (Lipinski definition) is 1. The molecule has 3 rings (SSSR count). The van der Waals surface area contributed by atoms with Crippen LogP contribution in [-0.2, 0) is 6.54 Å². The van der Waals surface area contributed by atoms with Crippen molar-refractivity contribution in [3.8, 4) is 0 Å². The molecule has 2 heterocycles. The number of nitrogens with zero attached hydrogens (tertiary/aromatic N) is 3. The lowest BCUT2D eigenvalue weighted by molar-refractivity contribution is -0.0125. The van der Waals surface area contributed by atoms with Gasteiger partial charge in [0.15, 0.2) is 0 Å². The van der Waals surface area contributed by atoms with Crippen molar-refractivity contribution in [2.45, 2.75) is 69.9 Å². The van der Waals surface area contributed by atoms with Crippen LogP contribution in [0.4, 0.5) is 0 Å². The van der Waals surface area contributed by atoms with E-state index in [1.54, 1.807) is 0 Å². The Morgan fingerprint density at radius 3 is 2.86 bits per heavy atom. The van der Waals surface area contributed by atoms with E-state index >= 15 is 0 Å². The Morgan fingerprint density at radius 2 is 2.10 bits per heavy atom. The zero-order valence-electron chi connectivity index (χ0n) is 13.3. The van der Waals surface area contributed by atoms with E-state index in [4.69, 9.17) is 0 Å². The van der Waals surface area contributed by atoms with Gasteiger partial charge in [-0.05, 0) is 38.8 Å². The molecule has 2 aliphatic rings. The van der Waals surface area contributed by atoms with Gasteiger partial charge in [-0.15, -0.1) is 0 Å². The zero-order valence-corrected chi connectivity index (χ0v) is 13.3. The Kier molecular flexibility index (Phi) is 4.65. The molecule has 1 aliphatic carbocycles. The summed E-state index contributed by atoms with van der Waals surface area (Å²) in [6, 6.07) is 0. The molecule has 0 spiro atoms. The van der Waals surface area contributed by atoms with Gasteiger partial charge in [0.25, 0.3) is 0 Å². The van der Waals surface area contributed by atoms with Crippen molar-refractivity contribution < 1.29 is 5.11 Å². The van der Waals surface area contributed by atoms with E-state index in [2.05, 4.69) is 27.6 Å². The molecule has 0 aromatic carbocycles. The predicted octanol–water partition coefficient (Wildman–Crippen LogP) is 2.78. The minimum absolute atomic E-state index is 0.507. The summed E-state index contributed by atoms with van der Waals surface area (Å²) in [6.07, 6.45) is 11.9. The number of rotatable bonds is 4. The highest BCUT2D eigenvalue weighted by atomic mass is 16.3. The van der Waals surface area contributed by atoms with Gasteiger partial charge in [0.1, 0.15) is 5.82 Å². The summed E-state index contributed by atoms with van der Waals surface area (Å²) in [7, 11) is 0. The highest BCUT2D eigenvalue weighted by molar-refractivity contribution is 5.04.